The van der Waals surface area contributed by atoms with Gasteiger partial charge in [-0.2, -0.15) is 0 Å². The largest absolute Gasteiger partial charge is 0.390 e. The minimum absolute atomic E-state index is 0.0197. The monoisotopic (exact) mass is 213 g/mol. The van der Waals surface area contributed by atoms with E-state index in [1.54, 1.807) is 12.1 Å². The number of nitrogens with two attached hydrogens (primary N) is 1. The van der Waals surface area contributed by atoms with Crippen LogP contribution in [0.3, 0.4) is 0 Å². The molecule has 0 aliphatic heterocycles. The number of nitrogen functional groups attached to an aromatic ring is 1. The third-order valence-electron chi connectivity index (χ3n) is 2.20. The van der Waals surface area contributed by atoms with E-state index in [-0.39, 0.29) is 10.6 Å². The molecule has 74 valence electrons. The summed E-state index contributed by atoms with van der Waals surface area (Å²) in [5, 5.41) is 0.812. The Morgan fingerprint density at radius 3 is 2.71 bits per heavy atom. The van der Waals surface area contributed by atoms with Gasteiger partial charge in [0.15, 0.2) is 0 Å². The second-order valence-electron chi connectivity index (χ2n) is 3.13. The topological polar surface area (TPSA) is 26.0 Å². The molecule has 0 amide bonds. The molecule has 0 unspecified atom stereocenters. The molecule has 0 saturated heterocycles. The predicted octanol–water partition coefficient (Wildman–Crippen LogP) is 3.73. The van der Waals surface area contributed by atoms with Gasteiger partial charge >= 0.3 is 0 Å². The molecule has 1 heterocycles. The number of aryl methyl sites for hydroxylation is 1. The Balaban J connectivity index is 2.83. The Kier molecular flexibility index (Phi) is 2.15. The van der Waals surface area contributed by atoms with Crippen molar-refractivity contribution in [1.29, 1.82) is 0 Å². The number of hydrogen-bond donors (Lipinski definition) is 1. The molecule has 0 aliphatic rings. The van der Waals surface area contributed by atoms with Crippen molar-refractivity contribution in [2.75, 3.05) is 5.73 Å². The molecular formula is C10H9F2NS. The summed E-state index contributed by atoms with van der Waals surface area (Å²) in [7, 11) is 0. The summed E-state index contributed by atoms with van der Waals surface area (Å²) in [6.07, 6.45) is -2.49. The van der Waals surface area contributed by atoms with E-state index in [4.69, 9.17) is 5.73 Å². The Bertz CT molecular complexity index is 476. The number of hydrogen-bond acceptors (Lipinski definition) is 2. The lowest BCUT2D eigenvalue weighted by Crippen LogP contribution is -1.88. The van der Waals surface area contributed by atoms with Gasteiger partial charge in [0.05, 0.1) is 10.6 Å². The first-order chi connectivity index (χ1) is 6.61. The van der Waals surface area contributed by atoms with Crippen LogP contribution >= 0.6 is 11.3 Å². The zero-order chi connectivity index (χ0) is 10.3. The maximum atomic E-state index is 12.6. The number of anilines is 1. The van der Waals surface area contributed by atoms with Gasteiger partial charge in [0.25, 0.3) is 6.43 Å². The molecule has 2 rings (SSSR count). The third kappa shape index (κ3) is 1.26. The van der Waals surface area contributed by atoms with Crippen LogP contribution in [0.5, 0.6) is 0 Å². The van der Waals surface area contributed by atoms with E-state index in [1.807, 2.05) is 13.0 Å². The first kappa shape index (κ1) is 9.40. The van der Waals surface area contributed by atoms with Gasteiger partial charge in [-0.25, -0.2) is 8.78 Å². The second kappa shape index (κ2) is 3.20. The molecule has 1 aromatic heterocycles. The first-order valence-electron chi connectivity index (χ1n) is 4.17. The van der Waals surface area contributed by atoms with E-state index in [9.17, 15) is 8.78 Å². The van der Waals surface area contributed by atoms with Gasteiger partial charge in [-0.15, -0.1) is 11.3 Å². The standard InChI is InChI=1S/C10H9F2NS/c1-5-3-2-4-6-7(9(11)12)10(13)14-8(5)6/h2-4,9H,13H2,1H3. The van der Waals surface area contributed by atoms with E-state index in [0.29, 0.717) is 5.39 Å². The number of fused-ring (bicyclic) bond motifs is 1. The first-order valence-corrected chi connectivity index (χ1v) is 4.98. The molecule has 1 aromatic carbocycles. The molecule has 0 fully saturated rings. The zero-order valence-corrected chi connectivity index (χ0v) is 8.37. The molecule has 4 heteroatoms. The van der Waals surface area contributed by atoms with E-state index in [2.05, 4.69) is 0 Å². The average Bonchev–Trinajstić information content (AvgIpc) is 2.42. The van der Waals surface area contributed by atoms with E-state index in [1.165, 1.54) is 11.3 Å². The summed E-state index contributed by atoms with van der Waals surface area (Å²) in [4.78, 5) is 0. The Hall–Kier alpha value is -1.16. The summed E-state index contributed by atoms with van der Waals surface area (Å²) in [5.41, 5.74) is 6.53. The van der Waals surface area contributed by atoms with Crippen LogP contribution in [0.25, 0.3) is 10.1 Å². The summed E-state index contributed by atoms with van der Waals surface area (Å²) in [5.74, 6) is 0. The van der Waals surface area contributed by atoms with Gasteiger partial charge in [0, 0.05) is 10.1 Å². The SMILES string of the molecule is Cc1cccc2c(C(F)F)c(N)sc12. The van der Waals surface area contributed by atoms with Crippen LogP contribution in [0.15, 0.2) is 18.2 Å². The summed E-state index contributed by atoms with van der Waals surface area (Å²) in [6.45, 7) is 1.90. The molecule has 2 N–H and O–H groups in total. The van der Waals surface area contributed by atoms with Gasteiger partial charge in [-0.3, -0.25) is 0 Å². The molecule has 0 radical (unpaired) electrons. The number of rotatable bonds is 1. The van der Waals surface area contributed by atoms with Crippen LogP contribution in [-0.2, 0) is 0 Å². The van der Waals surface area contributed by atoms with Crippen molar-refractivity contribution in [3.63, 3.8) is 0 Å². The maximum absolute atomic E-state index is 12.6. The van der Waals surface area contributed by atoms with E-state index < -0.39 is 6.43 Å². The molecule has 0 aliphatic carbocycles. The van der Waals surface area contributed by atoms with Gasteiger partial charge in [-0.05, 0) is 12.5 Å². The van der Waals surface area contributed by atoms with Gasteiger partial charge < -0.3 is 5.73 Å². The summed E-state index contributed by atoms with van der Waals surface area (Å²) in [6, 6.07) is 5.36. The molecule has 14 heavy (non-hydrogen) atoms. The molecule has 0 saturated carbocycles. The van der Waals surface area contributed by atoms with E-state index in [0.717, 1.165) is 10.3 Å². The minimum atomic E-state index is -2.49. The van der Waals surface area contributed by atoms with Gasteiger partial charge in [0.2, 0.25) is 0 Å². The van der Waals surface area contributed by atoms with Crippen LogP contribution in [0.4, 0.5) is 13.8 Å². The van der Waals surface area contributed by atoms with Crippen LogP contribution in [0, 0.1) is 6.92 Å². The quantitative estimate of drug-likeness (QED) is 0.767. The Morgan fingerprint density at radius 1 is 1.36 bits per heavy atom. The van der Waals surface area contributed by atoms with Crippen molar-refractivity contribution in [2.24, 2.45) is 0 Å². The van der Waals surface area contributed by atoms with Gasteiger partial charge in [0.1, 0.15) is 0 Å². The lowest BCUT2D eigenvalue weighted by molar-refractivity contribution is 0.154. The van der Waals surface area contributed by atoms with Crippen LogP contribution < -0.4 is 5.73 Å². The highest BCUT2D eigenvalue weighted by Gasteiger charge is 2.18. The van der Waals surface area contributed by atoms with Crippen molar-refractivity contribution >= 4 is 26.4 Å². The number of alkyl halides is 2. The van der Waals surface area contributed by atoms with Crippen LogP contribution in [-0.4, -0.2) is 0 Å². The van der Waals surface area contributed by atoms with Crippen molar-refractivity contribution in [3.8, 4) is 0 Å². The van der Waals surface area contributed by atoms with Crippen molar-refractivity contribution in [2.45, 2.75) is 13.3 Å². The number of thiophene rings is 1. The third-order valence-corrected chi connectivity index (χ3v) is 3.38. The molecular weight excluding hydrogens is 204 g/mol. The highest BCUT2D eigenvalue weighted by Crippen LogP contribution is 2.40. The zero-order valence-electron chi connectivity index (χ0n) is 7.55. The highest BCUT2D eigenvalue weighted by molar-refractivity contribution is 7.23. The van der Waals surface area contributed by atoms with Gasteiger partial charge in [-0.1, -0.05) is 18.2 Å². The maximum Gasteiger partial charge on any atom is 0.267 e. The lowest BCUT2D eigenvalue weighted by atomic mass is 10.1. The molecule has 0 spiro atoms. The number of benzene rings is 1. The Labute approximate surface area is 84.2 Å². The lowest BCUT2D eigenvalue weighted by Gasteiger charge is -1.98. The minimum Gasteiger partial charge on any atom is -0.390 e. The molecule has 0 atom stereocenters. The van der Waals surface area contributed by atoms with Crippen molar-refractivity contribution < 1.29 is 8.78 Å². The molecule has 2 aromatic rings. The Morgan fingerprint density at radius 2 is 2.07 bits per heavy atom. The normalized spacial score (nSPS) is 11.4. The molecule has 0 bridgehead atoms. The van der Waals surface area contributed by atoms with Crippen LogP contribution in [0.2, 0.25) is 0 Å². The summed E-state index contributed by atoms with van der Waals surface area (Å²) < 4.78 is 26.2. The van der Waals surface area contributed by atoms with Crippen molar-refractivity contribution in [3.05, 3.63) is 29.3 Å². The van der Waals surface area contributed by atoms with E-state index >= 15 is 0 Å². The predicted molar refractivity (Wildman–Crippen MR) is 55.9 cm³/mol. The fraction of sp³-hybridized carbons (Fsp3) is 0.200. The fourth-order valence-electron chi connectivity index (χ4n) is 1.52. The second-order valence-corrected chi connectivity index (χ2v) is 4.18. The highest BCUT2D eigenvalue weighted by atomic mass is 32.1. The fourth-order valence-corrected chi connectivity index (χ4v) is 2.57. The average molecular weight is 213 g/mol. The van der Waals surface area contributed by atoms with Crippen molar-refractivity contribution in [1.82, 2.24) is 0 Å². The van der Waals surface area contributed by atoms with Crippen LogP contribution in [0.1, 0.15) is 17.6 Å². The number of halogens is 2. The smallest absolute Gasteiger partial charge is 0.267 e. The molecule has 1 nitrogen and oxygen atoms in total. The summed E-state index contributed by atoms with van der Waals surface area (Å²) >= 11 is 1.23.